The van der Waals surface area contributed by atoms with Gasteiger partial charge in [-0.3, -0.25) is 4.79 Å². The molecule has 1 atom stereocenters. The summed E-state index contributed by atoms with van der Waals surface area (Å²) in [5.74, 6) is 2.46. The van der Waals surface area contributed by atoms with Crippen molar-refractivity contribution in [1.82, 2.24) is 14.5 Å². The normalized spacial score (nSPS) is 19.2. The van der Waals surface area contributed by atoms with Crippen molar-refractivity contribution < 1.29 is 28.5 Å². The summed E-state index contributed by atoms with van der Waals surface area (Å²) in [7, 11) is 1.65. The number of para-hydroxylation sites is 1. The first-order valence-corrected chi connectivity index (χ1v) is 13.0. The van der Waals surface area contributed by atoms with E-state index in [0.29, 0.717) is 54.9 Å². The minimum absolute atomic E-state index is 0.0229. The number of benzene rings is 2. The predicted molar refractivity (Wildman–Crippen MR) is 140 cm³/mol. The molecule has 1 amide bonds. The van der Waals surface area contributed by atoms with Gasteiger partial charge in [0.05, 0.1) is 43.3 Å². The van der Waals surface area contributed by atoms with Crippen molar-refractivity contribution in [3.63, 3.8) is 0 Å². The molecule has 3 aromatic rings. The SMILES string of the molecule is COc1cc2c(cc1OC(C)C)-n1cnc(C(=O)N3CCOCC3(C)C)c1C(c1cccc3c1OCO3)C2. The van der Waals surface area contributed by atoms with E-state index in [1.807, 2.05) is 67.5 Å². The Hall–Kier alpha value is -3.72. The van der Waals surface area contributed by atoms with Crippen LogP contribution in [0.3, 0.4) is 0 Å². The maximum atomic E-state index is 14.1. The Kier molecular flexibility index (Phi) is 5.98. The highest BCUT2D eigenvalue weighted by Crippen LogP contribution is 2.48. The largest absolute Gasteiger partial charge is 0.493 e. The Labute approximate surface area is 222 Å². The summed E-state index contributed by atoms with van der Waals surface area (Å²) < 4.78 is 31.1. The molecule has 200 valence electrons. The van der Waals surface area contributed by atoms with Gasteiger partial charge in [-0.2, -0.15) is 0 Å². The minimum Gasteiger partial charge on any atom is -0.493 e. The van der Waals surface area contributed by atoms with E-state index in [0.717, 1.165) is 22.5 Å². The average molecular weight is 520 g/mol. The van der Waals surface area contributed by atoms with Crippen LogP contribution < -0.4 is 18.9 Å². The lowest BCUT2D eigenvalue weighted by molar-refractivity contribution is -0.0373. The zero-order valence-electron chi connectivity index (χ0n) is 22.4. The number of ether oxygens (including phenoxy) is 5. The van der Waals surface area contributed by atoms with Gasteiger partial charge in [0.15, 0.2) is 28.7 Å². The van der Waals surface area contributed by atoms with E-state index >= 15 is 0 Å². The van der Waals surface area contributed by atoms with Crippen LogP contribution in [0, 0.1) is 0 Å². The van der Waals surface area contributed by atoms with Gasteiger partial charge in [-0.05, 0) is 51.8 Å². The molecule has 6 rings (SSSR count). The first kappa shape index (κ1) is 24.6. The second kappa shape index (κ2) is 9.23. The summed E-state index contributed by atoms with van der Waals surface area (Å²) in [6, 6.07) is 9.92. The average Bonchev–Trinajstić information content (AvgIpc) is 3.55. The number of nitrogens with zero attached hydrogens (tertiary/aromatic N) is 3. The molecule has 9 heteroatoms. The van der Waals surface area contributed by atoms with Gasteiger partial charge in [0, 0.05) is 24.1 Å². The van der Waals surface area contributed by atoms with Crippen molar-refractivity contribution in [2.24, 2.45) is 0 Å². The van der Waals surface area contributed by atoms with Crippen LogP contribution in [-0.4, -0.2) is 65.7 Å². The van der Waals surface area contributed by atoms with Crippen LogP contribution in [0.5, 0.6) is 23.0 Å². The van der Waals surface area contributed by atoms with E-state index in [4.69, 9.17) is 28.7 Å². The van der Waals surface area contributed by atoms with E-state index in [1.165, 1.54) is 0 Å². The molecular weight excluding hydrogens is 486 g/mol. The van der Waals surface area contributed by atoms with Gasteiger partial charge in [0.2, 0.25) is 6.79 Å². The van der Waals surface area contributed by atoms with Gasteiger partial charge in [0.1, 0.15) is 6.33 Å². The lowest BCUT2D eigenvalue weighted by Crippen LogP contribution is -2.55. The van der Waals surface area contributed by atoms with Gasteiger partial charge >= 0.3 is 0 Å². The number of morpholine rings is 1. The standard InChI is InChI=1S/C29H33N3O6/c1-17(2)38-24-13-21-18(12-23(24)34-5)11-20(19-7-6-8-22-27(19)37-16-36-22)26-25(30-15-31(21)26)28(33)32-9-10-35-14-29(32,3)4/h6-8,12-13,15,17,20H,9-11,14,16H2,1-5H3. The molecule has 1 fully saturated rings. The predicted octanol–water partition coefficient (Wildman–Crippen LogP) is 4.34. The van der Waals surface area contributed by atoms with Crippen LogP contribution in [0.25, 0.3) is 5.69 Å². The van der Waals surface area contributed by atoms with Gasteiger partial charge in [-0.1, -0.05) is 12.1 Å². The lowest BCUT2D eigenvalue weighted by Gasteiger charge is -2.42. The van der Waals surface area contributed by atoms with Crippen molar-refractivity contribution >= 4 is 5.91 Å². The molecule has 1 saturated heterocycles. The third kappa shape index (κ3) is 3.96. The highest BCUT2D eigenvalue weighted by atomic mass is 16.7. The Morgan fingerprint density at radius 2 is 2.03 bits per heavy atom. The molecule has 0 radical (unpaired) electrons. The van der Waals surface area contributed by atoms with Crippen LogP contribution in [0.2, 0.25) is 0 Å². The number of aromatic nitrogens is 2. The minimum atomic E-state index is -0.440. The Morgan fingerprint density at radius 3 is 2.79 bits per heavy atom. The first-order chi connectivity index (χ1) is 18.3. The molecule has 9 nitrogen and oxygen atoms in total. The molecule has 3 aliphatic heterocycles. The zero-order chi connectivity index (χ0) is 26.6. The lowest BCUT2D eigenvalue weighted by atomic mass is 9.83. The number of amides is 1. The van der Waals surface area contributed by atoms with Crippen LogP contribution >= 0.6 is 0 Å². The first-order valence-electron chi connectivity index (χ1n) is 13.0. The van der Waals surface area contributed by atoms with E-state index in [-0.39, 0.29) is 24.7 Å². The van der Waals surface area contributed by atoms with Crippen molar-refractivity contribution in [2.75, 3.05) is 33.7 Å². The topological polar surface area (TPSA) is 84.3 Å². The third-order valence-electron chi connectivity index (χ3n) is 7.44. The fraction of sp³-hybridized carbons (Fsp3) is 0.448. The van der Waals surface area contributed by atoms with Crippen molar-refractivity contribution in [3.05, 3.63) is 59.2 Å². The van der Waals surface area contributed by atoms with Crippen molar-refractivity contribution in [2.45, 2.75) is 51.7 Å². The molecule has 3 aliphatic rings. The molecule has 38 heavy (non-hydrogen) atoms. The van der Waals surface area contributed by atoms with Crippen molar-refractivity contribution in [3.8, 4) is 28.7 Å². The number of carbonyl (C=O) groups is 1. The molecule has 1 unspecified atom stereocenters. The summed E-state index contributed by atoms with van der Waals surface area (Å²) in [6.07, 6.45) is 2.35. The molecule has 0 spiro atoms. The van der Waals surface area contributed by atoms with Crippen molar-refractivity contribution in [1.29, 1.82) is 0 Å². The summed E-state index contributed by atoms with van der Waals surface area (Å²) in [4.78, 5) is 20.7. The van der Waals surface area contributed by atoms with Crippen LogP contribution in [0.1, 0.15) is 60.9 Å². The molecule has 0 saturated carbocycles. The number of carbonyl (C=O) groups excluding carboxylic acids is 1. The number of hydrogen-bond donors (Lipinski definition) is 0. The van der Waals surface area contributed by atoms with Gasteiger partial charge in [-0.25, -0.2) is 4.98 Å². The van der Waals surface area contributed by atoms with E-state index in [2.05, 4.69) is 0 Å². The second-order valence-electron chi connectivity index (χ2n) is 10.8. The monoisotopic (exact) mass is 519 g/mol. The van der Waals surface area contributed by atoms with E-state index < -0.39 is 5.54 Å². The summed E-state index contributed by atoms with van der Waals surface area (Å²) in [5, 5.41) is 0. The van der Waals surface area contributed by atoms with Crippen LogP contribution in [0.4, 0.5) is 0 Å². The number of methoxy groups -OCH3 is 1. The number of fused-ring (bicyclic) bond motifs is 4. The summed E-state index contributed by atoms with van der Waals surface area (Å²) in [6.45, 7) is 9.69. The molecular formula is C29H33N3O6. The maximum Gasteiger partial charge on any atom is 0.274 e. The van der Waals surface area contributed by atoms with Gasteiger partial charge in [-0.15, -0.1) is 0 Å². The highest BCUT2D eigenvalue weighted by Gasteiger charge is 2.41. The maximum absolute atomic E-state index is 14.1. The second-order valence-corrected chi connectivity index (χ2v) is 10.8. The van der Waals surface area contributed by atoms with E-state index in [1.54, 1.807) is 13.4 Å². The number of rotatable bonds is 5. The third-order valence-corrected chi connectivity index (χ3v) is 7.44. The zero-order valence-corrected chi connectivity index (χ0v) is 22.4. The van der Waals surface area contributed by atoms with E-state index in [9.17, 15) is 4.79 Å². The Morgan fingerprint density at radius 1 is 1.18 bits per heavy atom. The molecule has 0 bridgehead atoms. The fourth-order valence-corrected chi connectivity index (χ4v) is 5.70. The molecule has 0 N–H and O–H groups in total. The molecule has 2 aromatic carbocycles. The Bertz CT molecular complexity index is 1400. The highest BCUT2D eigenvalue weighted by molar-refractivity contribution is 5.95. The molecule has 1 aromatic heterocycles. The van der Waals surface area contributed by atoms with Gasteiger partial charge < -0.3 is 33.2 Å². The fourth-order valence-electron chi connectivity index (χ4n) is 5.70. The summed E-state index contributed by atoms with van der Waals surface area (Å²) >= 11 is 0. The number of hydrogen-bond acceptors (Lipinski definition) is 7. The van der Waals surface area contributed by atoms with Gasteiger partial charge in [0.25, 0.3) is 5.91 Å². The molecule has 0 aliphatic carbocycles. The smallest absolute Gasteiger partial charge is 0.274 e. The summed E-state index contributed by atoms with van der Waals surface area (Å²) in [5.41, 5.74) is 3.78. The van der Waals surface area contributed by atoms with Crippen LogP contribution in [-0.2, 0) is 11.2 Å². The molecule has 4 heterocycles. The van der Waals surface area contributed by atoms with Crippen LogP contribution in [0.15, 0.2) is 36.7 Å². The Balaban J connectivity index is 1.53. The number of imidazole rings is 1. The quantitative estimate of drug-likeness (QED) is 0.496.